The molecule has 0 spiro atoms. The third-order valence-corrected chi connectivity index (χ3v) is 4.37. The summed E-state index contributed by atoms with van der Waals surface area (Å²) in [4.78, 5) is 0. The van der Waals surface area contributed by atoms with Gasteiger partial charge < -0.3 is 11.1 Å². The minimum atomic E-state index is -0.344. The fourth-order valence-corrected chi connectivity index (χ4v) is 3.06. The number of hydrogen-bond donors (Lipinski definition) is 2. The Morgan fingerprint density at radius 1 is 1.10 bits per heavy atom. The molecule has 0 amide bonds. The van der Waals surface area contributed by atoms with E-state index < -0.39 is 0 Å². The normalized spacial score (nSPS) is 13.9. The molecule has 2 nitrogen and oxygen atoms in total. The van der Waals surface area contributed by atoms with E-state index >= 15 is 0 Å². The van der Waals surface area contributed by atoms with Gasteiger partial charge in [-0.25, -0.2) is 4.39 Å². The molecule has 2 aromatic carbocycles. The molecule has 0 saturated heterocycles. The highest BCUT2D eigenvalue weighted by Gasteiger charge is 2.14. The van der Waals surface area contributed by atoms with Gasteiger partial charge in [-0.2, -0.15) is 0 Å². The fourth-order valence-electron chi connectivity index (χ4n) is 2.71. The van der Waals surface area contributed by atoms with E-state index in [2.05, 4.69) is 39.4 Å². The van der Waals surface area contributed by atoms with Crippen LogP contribution in [0.5, 0.6) is 0 Å². The first kappa shape index (κ1) is 13.4. The Hall–Kier alpha value is -1.55. The lowest BCUT2D eigenvalue weighted by Gasteiger charge is -2.21. The number of benzene rings is 2. The summed E-state index contributed by atoms with van der Waals surface area (Å²) in [6, 6.07) is 9.32. The number of nitrogens with one attached hydrogen (secondary N) is 1. The van der Waals surface area contributed by atoms with Crippen LogP contribution >= 0.6 is 15.9 Å². The van der Waals surface area contributed by atoms with E-state index in [0.717, 1.165) is 24.2 Å². The maximum Gasteiger partial charge on any atom is 0.139 e. The number of nitrogen functional groups attached to an aromatic ring is 1. The second-order valence-corrected chi connectivity index (χ2v) is 5.98. The van der Waals surface area contributed by atoms with Gasteiger partial charge in [0.2, 0.25) is 0 Å². The number of anilines is 3. The van der Waals surface area contributed by atoms with Crippen molar-refractivity contribution in [1.82, 2.24) is 0 Å². The van der Waals surface area contributed by atoms with Gasteiger partial charge in [0.1, 0.15) is 5.82 Å². The van der Waals surface area contributed by atoms with Crippen molar-refractivity contribution < 1.29 is 4.39 Å². The van der Waals surface area contributed by atoms with Gasteiger partial charge in [-0.15, -0.1) is 0 Å². The molecule has 0 radical (unpaired) electrons. The minimum Gasteiger partial charge on any atom is -0.397 e. The molecule has 0 aliphatic heterocycles. The molecule has 0 heterocycles. The van der Waals surface area contributed by atoms with Gasteiger partial charge in [-0.1, -0.05) is 12.1 Å². The van der Waals surface area contributed by atoms with Gasteiger partial charge in [0.15, 0.2) is 0 Å². The Labute approximate surface area is 126 Å². The van der Waals surface area contributed by atoms with Crippen molar-refractivity contribution in [2.75, 3.05) is 11.1 Å². The zero-order valence-electron chi connectivity index (χ0n) is 11.0. The van der Waals surface area contributed by atoms with E-state index in [0.29, 0.717) is 10.2 Å². The third kappa shape index (κ3) is 2.52. The van der Waals surface area contributed by atoms with Crippen LogP contribution in [0, 0.1) is 5.82 Å². The molecule has 1 aliphatic rings. The summed E-state index contributed by atoms with van der Waals surface area (Å²) in [5.41, 5.74) is 10.9. The Bertz CT molecular complexity index is 655. The summed E-state index contributed by atoms with van der Waals surface area (Å²) in [6.45, 7) is 0. The van der Waals surface area contributed by atoms with Gasteiger partial charge in [0.25, 0.3) is 0 Å². The van der Waals surface area contributed by atoms with Crippen molar-refractivity contribution in [2.24, 2.45) is 0 Å². The molecule has 0 unspecified atom stereocenters. The first-order valence-corrected chi connectivity index (χ1v) is 7.57. The van der Waals surface area contributed by atoms with Gasteiger partial charge in [-0.05, 0) is 64.9 Å². The van der Waals surface area contributed by atoms with Crippen LogP contribution in [-0.4, -0.2) is 0 Å². The summed E-state index contributed by atoms with van der Waals surface area (Å²) in [6.07, 6.45) is 4.68. The predicted molar refractivity (Wildman–Crippen MR) is 84.9 cm³/mol. The molecule has 0 bridgehead atoms. The molecule has 0 fully saturated rings. The number of aryl methyl sites for hydroxylation is 1. The first-order valence-electron chi connectivity index (χ1n) is 6.77. The van der Waals surface area contributed by atoms with Crippen LogP contribution in [0.4, 0.5) is 21.5 Å². The van der Waals surface area contributed by atoms with Crippen molar-refractivity contribution in [3.05, 3.63) is 51.7 Å². The lowest BCUT2D eigenvalue weighted by molar-refractivity contribution is 0.622. The van der Waals surface area contributed by atoms with Gasteiger partial charge >= 0.3 is 0 Å². The Morgan fingerprint density at radius 3 is 2.75 bits per heavy atom. The highest BCUT2D eigenvalue weighted by Crippen LogP contribution is 2.33. The maximum absolute atomic E-state index is 13.4. The van der Waals surface area contributed by atoms with E-state index in [1.54, 1.807) is 6.07 Å². The van der Waals surface area contributed by atoms with E-state index in [4.69, 9.17) is 5.73 Å². The SMILES string of the molecule is Nc1cc(F)c(Br)cc1Nc1cccc2c1CCCC2. The fraction of sp³-hybridized carbons (Fsp3) is 0.250. The van der Waals surface area contributed by atoms with Crippen molar-refractivity contribution >= 4 is 33.0 Å². The molecule has 0 saturated carbocycles. The first-order chi connectivity index (χ1) is 9.65. The standard InChI is InChI=1S/C16H16BrFN2/c17-12-8-16(14(19)9-13(12)18)20-15-7-3-5-10-4-1-2-6-11(10)15/h3,5,7-9,20H,1-2,4,6,19H2. The zero-order valence-corrected chi connectivity index (χ0v) is 12.6. The Kier molecular flexibility index (Phi) is 3.66. The van der Waals surface area contributed by atoms with Crippen LogP contribution in [0.25, 0.3) is 0 Å². The molecule has 104 valence electrons. The molecule has 3 N–H and O–H groups in total. The molecule has 1 aliphatic carbocycles. The largest absolute Gasteiger partial charge is 0.397 e. The molecule has 0 aromatic heterocycles. The summed E-state index contributed by atoms with van der Waals surface area (Å²) in [5, 5.41) is 3.35. The predicted octanol–water partition coefficient (Wildman–Crippen LogP) is 4.79. The average molecular weight is 335 g/mol. The van der Waals surface area contributed by atoms with Crippen LogP contribution < -0.4 is 11.1 Å². The number of fused-ring (bicyclic) bond motifs is 1. The van der Waals surface area contributed by atoms with Crippen LogP contribution in [0.1, 0.15) is 24.0 Å². The quantitative estimate of drug-likeness (QED) is 0.774. The number of hydrogen-bond acceptors (Lipinski definition) is 2. The highest BCUT2D eigenvalue weighted by molar-refractivity contribution is 9.10. The van der Waals surface area contributed by atoms with Crippen LogP contribution in [-0.2, 0) is 12.8 Å². The van der Waals surface area contributed by atoms with Crippen molar-refractivity contribution in [1.29, 1.82) is 0 Å². The van der Waals surface area contributed by atoms with Gasteiger partial charge in [0, 0.05) is 11.8 Å². The second kappa shape index (κ2) is 5.44. The lowest BCUT2D eigenvalue weighted by Crippen LogP contribution is -2.07. The zero-order chi connectivity index (χ0) is 14.1. The summed E-state index contributed by atoms with van der Waals surface area (Å²) in [7, 11) is 0. The van der Waals surface area contributed by atoms with E-state index in [1.807, 2.05) is 0 Å². The van der Waals surface area contributed by atoms with E-state index in [1.165, 1.54) is 30.0 Å². The maximum atomic E-state index is 13.4. The lowest BCUT2D eigenvalue weighted by atomic mass is 9.90. The molecule has 3 rings (SSSR count). The minimum absolute atomic E-state index is 0.344. The average Bonchev–Trinajstić information content (AvgIpc) is 2.45. The highest BCUT2D eigenvalue weighted by atomic mass is 79.9. The Balaban J connectivity index is 1.98. The van der Waals surface area contributed by atoms with E-state index in [9.17, 15) is 4.39 Å². The smallest absolute Gasteiger partial charge is 0.139 e. The third-order valence-electron chi connectivity index (χ3n) is 3.76. The van der Waals surface area contributed by atoms with Crippen molar-refractivity contribution in [3.8, 4) is 0 Å². The number of nitrogens with two attached hydrogens (primary N) is 1. The van der Waals surface area contributed by atoms with Gasteiger partial charge in [0.05, 0.1) is 15.8 Å². The van der Waals surface area contributed by atoms with Crippen LogP contribution in [0.2, 0.25) is 0 Å². The summed E-state index contributed by atoms with van der Waals surface area (Å²) in [5.74, 6) is -0.344. The molecule has 20 heavy (non-hydrogen) atoms. The Morgan fingerprint density at radius 2 is 1.90 bits per heavy atom. The number of rotatable bonds is 2. The summed E-state index contributed by atoms with van der Waals surface area (Å²) >= 11 is 3.20. The molecule has 2 aromatic rings. The molecular formula is C16H16BrFN2. The van der Waals surface area contributed by atoms with Crippen molar-refractivity contribution in [3.63, 3.8) is 0 Å². The van der Waals surface area contributed by atoms with E-state index in [-0.39, 0.29) is 5.82 Å². The number of halogens is 2. The van der Waals surface area contributed by atoms with Crippen molar-refractivity contribution in [2.45, 2.75) is 25.7 Å². The molecule has 4 heteroatoms. The van der Waals surface area contributed by atoms with Crippen LogP contribution in [0.15, 0.2) is 34.8 Å². The summed E-state index contributed by atoms with van der Waals surface area (Å²) < 4.78 is 13.8. The molecular weight excluding hydrogens is 319 g/mol. The topological polar surface area (TPSA) is 38.0 Å². The van der Waals surface area contributed by atoms with Crippen LogP contribution in [0.3, 0.4) is 0 Å². The second-order valence-electron chi connectivity index (χ2n) is 5.13. The van der Waals surface area contributed by atoms with Gasteiger partial charge in [-0.3, -0.25) is 0 Å². The molecule has 0 atom stereocenters. The monoisotopic (exact) mass is 334 g/mol.